The Morgan fingerprint density at radius 1 is 1.50 bits per heavy atom. The van der Waals surface area contributed by atoms with Crippen molar-refractivity contribution in [3.63, 3.8) is 0 Å². The summed E-state index contributed by atoms with van der Waals surface area (Å²) in [7, 11) is 0. The molecule has 0 aromatic heterocycles. The van der Waals surface area contributed by atoms with Gasteiger partial charge in [-0.3, -0.25) is 0 Å². The van der Waals surface area contributed by atoms with E-state index in [0.29, 0.717) is 0 Å². The van der Waals surface area contributed by atoms with E-state index in [0.717, 1.165) is 0 Å². The molecule has 0 aliphatic carbocycles. The highest BCUT2D eigenvalue weighted by Crippen LogP contribution is 1.90. The molecule has 2 N–H and O–H groups in total. The van der Waals surface area contributed by atoms with Gasteiger partial charge in [-0.2, -0.15) is 0 Å². The second kappa shape index (κ2) is 6.95. The molecule has 0 spiro atoms. The Balaban J connectivity index is 2.97. The predicted octanol–water partition coefficient (Wildman–Crippen LogP) is -0.823. The highest BCUT2D eigenvalue weighted by molar-refractivity contribution is 4.50. The van der Waals surface area contributed by atoms with Crippen molar-refractivity contribution in [2.45, 2.75) is 12.5 Å². The molecule has 0 saturated carbocycles. The first-order valence-corrected chi connectivity index (χ1v) is 3.26. The lowest BCUT2D eigenvalue weighted by Gasteiger charge is -2.07. The zero-order valence-electron chi connectivity index (χ0n) is 5.82. The fourth-order valence-corrected chi connectivity index (χ4v) is 0.503. The Bertz CT molecular complexity index is 66.8. The highest BCUT2D eigenvalue weighted by atomic mass is 16.5. The lowest BCUT2D eigenvalue weighted by Crippen LogP contribution is -2.17. The molecule has 4 nitrogen and oxygen atoms in total. The lowest BCUT2D eigenvalue weighted by atomic mass is 10.3. The van der Waals surface area contributed by atoms with Crippen LogP contribution in [0.3, 0.4) is 0 Å². The predicted molar refractivity (Wildman–Crippen MR) is 34.1 cm³/mol. The number of aliphatic hydroxyl groups is 2. The molecular formula is C6H13O4. The molecule has 1 radical (unpaired) electrons. The highest BCUT2D eigenvalue weighted by Gasteiger charge is 2.01. The average Bonchev–Trinajstić information content (AvgIpc) is 1.89. The van der Waals surface area contributed by atoms with Crippen LogP contribution in [-0.2, 0) is 9.84 Å². The van der Waals surface area contributed by atoms with Gasteiger partial charge >= 0.3 is 0 Å². The maximum atomic E-state index is 9.91. The van der Waals surface area contributed by atoms with E-state index in [4.69, 9.17) is 14.9 Å². The summed E-state index contributed by atoms with van der Waals surface area (Å²) in [5, 5.41) is 27.0. The smallest absolute Gasteiger partial charge is 0.0847 e. The summed E-state index contributed by atoms with van der Waals surface area (Å²) >= 11 is 0. The molecule has 0 amide bonds. The van der Waals surface area contributed by atoms with Gasteiger partial charge in [0.15, 0.2) is 0 Å². The van der Waals surface area contributed by atoms with Gasteiger partial charge in [-0.15, -0.1) is 0 Å². The van der Waals surface area contributed by atoms with Crippen molar-refractivity contribution in [2.75, 3.05) is 26.4 Å². The SMILES string of the molecule is [O]CCC(O)COCCO. The van der Waals surface area contributed by atoms with Crippen molar-refractivity contribution in [1.29, 1.82) is 0 Å². The number of aliphatic hydroxyl groups excluding tert-OH is 2. The fourth-order valence-electron chi connectivity index (χ4n) is 0.503. The van der Waals surface area contributed by atoms with Crippen LogP contribution in [0.25, 0.3) is 0 Å². The van der Waals surface area contributed by atoms with Crippen LogP contribution in [0.4, 0.5) is 0 Å². The average molecular weight is 149 g/mol. The van der Waals surface area contributed by atoms with Gasteiger partial charge < -0.3 is 14.9 Å². The zero-order valence-corrected chi connectivity index (χ0v) is 5.82. The van der Waals surface area contributed by atoms with Crippen LogP contribution in [0, 0.1) is 0 Å². The lowest BCUT2D eigenvalue weighted by molar-refractivity contribution is 0.00621. The first-order chi connectivity index (χ1) is 4.81. The molecule has 0 fully saturated rings. The van der Waals surface area contributed by atoms with Gasteiger partial charge in [-0.25, -0.2) is 5.11 Å². The third-order valence-electron chi connectivity index (χ3n) is 0.997. The van der Waals surface area contributed by atoms with E-state index in [2.05, 4.69) is 0 Å². The van der Waals surface area contributed by atoms with Gasteiger partial charge in [-0.1, -0.05) is 0 Å². The third-order valence-corrected chi connectivity index (χ3v) is 0.997. The summed E-state index contributed by atoms with van der Waals surface area (Å²) in [5.41, 5.74) is 0. The molecule has 0 aromatic rings. The summed E-state index contributed by atoms with van der Waals surface area (Å²) in [5.74, 6) is 0. The van der Waals surface area contributed by atoms with Crippen LogP contribution in [0.1, 0.15) is 6.42 Å². The van der Waals surface area contributed by atoms with E-state index >= 15 is 0 Å². The quantitative estimate of drug-likeness (QED) is 0.484. The zero-order chi connectivity index (χ0) is 7.82. The van der Waals surface area contributed by atoms with Crippen LogP contribution in [-0.4, -0.2) is 42.7 Å². The van der Waals surface area contributed by atoms with Crippen LogP contribution in [0.5, 0.6) is 0 Å². The number of hydrogen-bond donors (Lipinski definition) is 2. The van der Waals surface area contributed by atoms with E-state index in [1.54, 1.807) is 0 Å². The summed E-state index contributed by atoms with van der Waals surface area (Å²) in [6.07, 6.45) is -0.463. The summed E-state index contributed by atoms with van der Waals surface area (Å²) < 4.78 is 4.76. The van der Waals surface area contributed by atoms with E-state index in [9.17, 15) is 5.11 Å². The normalized spacial score (nSPS) is 13.5. The van der Waals surface area contributed by atoms with Gasteiger partial charge in [-0.05, 0) is 0 Å². The van der Waals surface area contributed by atoms with Crippen LogP contribution < -0.4 is 0 Å². The van der Waals surface area contributed by atoms with Gasteiger partial charge in [0.05, 0.1) is 32.5 Å². The monoisotopic (exact) mass is 149 g/mol. The maximum Gasteiger partial charge on any atom is 0.0847 e. The molecule has 61 valence electrons. The Hall–Kier alpha value is -0.160. The first-order valence-electron chi connectivity index (χ1n) is 3.26. The molecule has 1 unspecified atom stereocenters. The van der Waals surface area contributed by atoms with Crippen molar-refractivity contribution < 1.29 is 20.1 Å². The van der Waals surface area contributed by atoms with Crippen molar-refractivity contribution in [3.05, 3.63) is 0 Å². The topological polar surface area (TPSA) is 69.6 Å². The van der Waals surface area contributed by atoms with E-state index in [-0.39, 0.29) is 32.8 Å². The largest absolute Gasteiger partial charge is 0.394 e. The number of hydrogen-bond acceptors (Lipinski definition) is 3. The molecule has 10 heavy (non-hydrogen) atoms. The molecule has 0 heterocycles. The minimum absolute atomic E-state index is 0.0515. The van der Waals surface area contributed by atoms with E-state index in [1.165, 1.54) is 0 Å². The minimum atomic E-state index is -0.677. The molecule has 0 aromatic carbocycles. The van der Waals surface area contributed by atoms with Crippen LogP contribution >= 0.6 is 0 Å². The molecular weight excluding hydrogens is 136 g/mol. The number of rotatable bonds is 6. The second-order valence-corrected chi connectivity index (χ2v) is 1.95. The number of ether oxygens (including phenoxy) is 1. The van der Waals surface area contributed by atoms with E-state index < -0.39 is 6.10 Å². The molecule has 4 heteroatoms. The molecule has 0 aliphatic rings. The van der Waals surface area contributed by atoms with Crippen molar-refractivity contribution in [1.82, 2.24) is 0 Å². The van der Waals surface area contributed by atoms with Gasteiger partial charge in [0.25, 0.3) is 0 Å². The Morgan fingerprint density at radius 3 is 2.70 bits per heavy atom. The third kappa shape index (κ3) is 5.97. The molecule has 0 aliphatic heterocycles. The van der Waals surface area contributed by atoms with Crippen molar-refractivity contribution in [2.24, 2.45) is 0 Å². The van der Waals surface area contributed by atoms with Crippen molar-refractivity contribution >= 4 is 0 Å². The molecule has 0 rings (SSSR count). The Labute approximate surface area is 60.1 Å². The van der Waals surface area contributed by atoms with Gasteiger partial charge in [0.1, 0.15) is 0 Å². The fraction of sp³-hybridized carbons (Fsp3) is 1.00. The van der Waals surface area contributed by atoms with E-state index in [1.807, 2.05) is 0 Å². The summed E-state index contributed by atoms with van der Waals surface area (Å²) in [6, 6.07) is 0. The van der Waals surface area contributed by atoms with Crippen molar-refractivity contribution in [3.8, 4) is 0 Å². The minimum Gasteiger partial charge on any atom is -0.394 e. The first kappa shape index (κ1) is 9.84. The second-order valence-electron chi connectivity index (χ2n) is 1.95. The Kier molecular flexibility index (Phi) is 6.84. The summed E-state index contributed by atoms with van der Waals surface area (Å²) in [4.78, 5) is 0. The van der Waals surface area contributed by atoms with Gasteiger partial charge in [0, 0.05) is 6.42 Å². The summed E-state index contributed by atoms with van der Waals surface area (Å²) in [6.45, 7) is 0.0203. The van der Waals surface area contributed by atoms with Gasteiger partial charge in [0.2, 0.25) is 0 Å². The maximum absolute atomic E-state index is 9.91. The standard InChI is InChI=1S/C6H13O4/c7-2-1-6(9)5-10-4-3-8/h6,8-9H,1-5H2. The molecule has 0 saturated heterocycles. The Morgan fingerprint density at radius 2 is 2.20 bits per heavy atom. The molecule has 1 atom stereocenters. The van der Waals surface area contributed by atoms with Crippen LogP contribution in [0.2, 0.25) is 0 Å². The van der Waals surface area contributed by atoms with Crippen LogP contribution in [0.15, 0.2) is 0 Å². The molecule has 0 bridgehead atoms.